The van der Waals surface area contributed by atoms with Gasteiger partial charge in [-0.25, -0.2) is 18.2 Å². The highest BCUT2D eigenvalue weighted by atomic mass is 35.5. The summed E-state index contributed by atoms with van der Waals surface area (Å²) in [7, 11) is 0. The summed E-state index contributed by atoms with van der Waals surface area (Å²) in [6.07, 6.45) is -3.21. The molecule has 9 heteroatoms. The molecule has 3 N–H and O–H groups in total. The standard InChI is InChI=1S/C21H19ClF3N3O2/c1-10(11-2-4-12(22)5-3-11)18(29)27-13-6-7-16(23)14(8-13)21(19(24)25)15-9-17(15)30-20(26)28-21/h2-8,10,15,17,19H,9H2,1H3,(H2,26,28)(H,27,29)/t10?,15-,17+,21+/m0/s1. The van der Waals surface area contributed by atoms with E-state index < -0.39 is 35.7 Å². The Kier molecular flexibility index (Phi) is 5.13. The molecule has 1 aliphatic heterocycles. The summed E-state index contributed by atoms with van der Waals surface area (Å²) in [5.74, 6) is -2.44. The maximum absolute atomic E-state index is 14.7. The summed E-state index contributed by atoms with van der Waals surface area (Å²) in [5, 5.41) is 3.21. The first-order valence-corrected chi connectivity index (χ1v) is 9.76. The van der Waals surface area contributed by atoms with Crippen molar-refractivity contribution in [2.24, 2.45) is 16.6 Å². The highest BCUT2D eigenvalue weighted by Crippen LogP contribution is 2.56. The second-order valence-electron chi connectivity index (χ2n) is 7.53. The Balaban J connectivity index is 1.64. The van der Waals surface area contributed by atoms with Gasteiger partial charge in [0.2, 0.25) is 5.91 Å². The van der Waals surface area contributed by atoms with Gasteiger partial charge in [-0.3, -0.25) is 4.79 Å². The van der Waals surface area contributed by atoms with Crippen LogP contribution in [-0.4, -0.2) is 24.5 Å². The van der Waals surface area contributed by atoms with E-state index in [9.17, 15) is 18.0 Å². The van der Waals surface area contributed by atoms with Crippen LogP contribution in [0.15, 0.2) is 47.5 Å². The van der Waals surface area contributed by atoms with Crippen LogP contribution in [0.2, 0.25) is 5.02 Å². The van der Waals surface area contributed by atoms with Crippen molar-refractivity contribution in [1.82, 2.24) is 0 Å². The van der Waals surface area contributed by atoms with Crippen LogP contribution < -0.4 is 11.1 Å². The van der Waals surface area contributed by atoms with Gasteiger partial charge in [0.25, 0.3) is 12.4 Å². The highest BCUT2D eigenvalue weighted by Gasteiger charge is 2.64. The van der Waals surface area contributed by atoms with Crippen molar-refractivity contribution in [2.45, 2.75) is 37.3 Å². The minimum atomic E-state index is -3.00. The fraction of sp³-hybridized carbons (Fsp3) is 0.333. The Morgan fingerprint density at radius 3 is 2.67 bits per heavy atom. The fourth-order valence-electron chi connectivity index (χ4n) is 3.86. The number of fused-ring (bicyclic) bond motifs is 1. The number of aliphatic imine (C=N–C) groups is 1. The number of amidine groups is 1. The van der Waals surface area contributed by atoms with Gasteiger partial charge in [-0.15, -0.1) is 0 Å². The fourth-order valence-corrected chi connectivity index (χ4v) is 3.99. The molecule has 2 aromatic rings. The lowest BCUT2D eigenvalue weighted by Gasteiger charge is -2.33. The van der Waals surface area contributed by atoms with Crippen LogP contribution in [0.3, 0.4) is 0 Å². The molecule has 1 saturated carbocycles. The number of nitrogens with zero attached hydrogens (tertiary/aromatic N) is 1. The summed E-state index contributed by atoms with van der Waals surface area (Å²) in [4.78, 5) is 16.5. The summed E-state index contributed by atoms with van der Waals surface area (Å²) < 4.78 is 48.2. The van der Waals surface area contributed by atoms with Crippen molar-refractivity contribution in [3.05, 3.63) is 64.4 Å². The average molecular weight is 438 g/mol. The highest BCUT2D eigenvalue weighted by molar-refractivity contribution is 6.30. The van der Waals surface area contributed by atoms with Crippen molar-refractivity contribution >= 4 is 29.2 Å². The predicted molar refractivity (Wildman–Crippen MR) is 107 cm³/mol. The number of alkyl halides is 2. The van der Waals surface area contributed by atoms with Gasteiger partial charge in [-0.05, 0) is 49.2 Å². The van der Waals surface area contributed by atoms with Crippen LogP contribution in [0.5, 0.6) is 0 Å². The van der Waals surface area contributed by atoms with Gasteiger partial charge in [0.05, 0.1) is 5.92 Å². The smallest absolute Gasteiger partial charge is 0.283 e. The van der Waals surface area contributed by atoms with Crippen LogP contribution in [0, 0.1) is 11.7 Å². The molecule has 4 rings (SSSR count). The maximum Gasteiger partial charge on any atom is 0.283 e. The second-order valence-corrected chi connectivity index (χ2v) is 7.97. The molecule has 5 nitrogen and oxygen atoms in total. The summed E-state index contributed by atoms with van der Waals surface area (Å²) in [6.45, 7) is 1.70. The van der Waals surface area contributed by atoms with E-state index in [1.165, 1.54) is 12.1 Å². The molecule has 0 bridgehead atoms. The molecular weight excluding hydrogens is 419 g/mol. The number of halogens is 4. The number of hydrogen-bond acceptors (Lipinski definition) is 4. The molecule has 0 radical (unpaired) electrons. The van der Waals surface area contributed by atoms with Crippen LogP contribution in [-0.2, 0) is 15.1 Å². The molecule has 0 saturated heterocycles. The van der Waals surface area contributed by atoms with Gasteiger partial charge < -0.3 is 15.8 Å². The number of nitrogens with one attached hydrogen (secondary N) is 1. The molecule has 30 heavy (non-hydrogen) atoms. The topological polar surface area (TPSA) is 76.7 Å². The summed E-state index contributed by atoms with van der Waals surface area (Å²) in [6, 6.07) is 9.96. The molecule has 1 amide bonds. The minimum Gasteiger partial charge on any atom is -0.462 e. The number of carbonyl (C=O) groups excluding carboxylic acids is 1. The summed E-state index contributed by atoms with van der Waals surface area (Å²) >= 11 is 5.87. The zero-order chi connectivity index (χ0) is 21.6. The number of anilines is 1. The lowest BCUT2D eigenvalue weighted by Crippen LogP contribution is -2.43. The molecule has 4 atom stereocenters. The van der Waals surface area contributed by atoms with Gasteiger partial charge in [0.1, 0.15) is 11.9 Å². The first-order valence-electron chi connectivity index (χ1n) is 9.39. The third-order valence-electron chi connectivity index (χ3n) is 5.63. The molecule has 158 valence electrons. The number of ether oxygens (including phenoxy) is 1. The molecule has 2 aromatic carbocycles. The van der Waals surface area contributed by atoms with Gasteiger partial charge in [-0.2, -0.15) is 0 Å². The van der Waals surface area contributed by atoms with E-state index in [0.29, 0.717) is 11.4 Å². The van der Waals surface area contributed by atoms with Gasteiger partial charge in [0.15, 0.2) is 5.54 Å². The molecule has 1 aliphatic carbocycles. The molecule has 0 spiro atoms. The normalized spacial score (nSPS) is 25.7. The van der Waals surface area contributed by atoms with Crippen LogP contribution in [0.4, 0.5) is 18.9 Å². The van der Waals surface area contributed by atoms with Gasteiger partial charge in [0, 0.05) is 22.2 Å². The Morgan fingerprint density at radius 2 is 2.00 bits per heavy atom. The third-order valence-corrected chi connectivity index (χ3v) is 5.88. The van der Waals surface area contributed by atoms with E-state index in [1.54, 1.807) is 31.2 Å². The average Bonchev–Trinajstić information content (AvgIpc) is 3.48. The van der Waals surface area contributed by atoms with Crippen LogP contribution in [0.1, 0.15) is 30.4 Å². The predicted octanol–water partition coefficient (Wildman–Crippen LogP) is 4.42. The van der Waals surface area contributed by atoms with Crippen molar-refractivity contribution < 1.29 is 22.7 Å². The third kappa shape index (κ3) is 3.49. The first-order chi connectivity index (χ1) is 14.2. The lowest BCUT2D eigenvalue weighted by molar-refractivity contribution is -0.117. The van der Waals surface area contributed by atoms with Crippen molar-refractivity contribution in [3.63, 3.8) is 0 Å². The van der Waals surface area contributed by atoms with Gasteiger partial charge >= 0.3 is 0 Å². The van der Waals surface area contributed by atoms with Gasteiger partial charge in [-0.1, -0.05) is 23.7 Å². The Bertz CT molecular complexity index is 1020. The molecular formula is C21H19ClF3N3O2. The minimum absolute atomic E-state index is 0.190. The Morgan fingerprint density at radius 1 is 1.30 bits per heavy atom. The Labute approximate surface area is 176 Å². The molecule has 1 unspecified atom stereocenters. The quantitative estimate of drug-likeness (QED) is 0.727. The molecule has 0 aromatic heterocycles. The van der Waals surface area contributed by atoms with Crippen molar-refractivity contribution in [1.29, 1.82) is 0 Å². The van der Waals surface area contributed by atoms with Crippen molar-refractivity contribution in [3.8, 4) is 0 Å². The molecule has 1 heterocycles. The van der Waals surface area contributed by atoms with E-state index >= 15 is 0 Å². The number of carbonyl (C=O) groups is 1. The van der Waals surface area contributed by atoms with E-state index in [-0.39, 0.29) is 23.2 Å². The van der Waals surface area contributed by atoms with E-state index in [0.717, 1.165) is 11.6 Å². The SMILES string of the molecule is CC(C(=O)Nc1ccc(F)c([C@@]2(C(F)F)N=C(N)O[C@@H]3C[C@@H]32)c1)c1ccc(Cl)cc1. The Hall–Kier alpha value is -2.74. The monoisotopic (exact) mass is 437 g/mol. The van der Waals surface area contributed by atoms with E-state index in [2.05, 4.69) is 10.3 Å². The van der Waals surface area contributed by atoms with Crippen LogP contribution >= 0.6 is 11.6 Å². The number of hydrogen-bond donors (Lipinski definition) is 2. The summed E-state index contributed by atoms with van der Waals surface area (Å²) in [5.41, 5.74) is 4.05. The van der Waals surface area contributed by atoms with Crippen molar-refractivity contribution in [2.75, 3.05) is 5.32 Å². The largest absolute Gasteiger partial charge is 0.462 e. The molecule has 1 fully saturated rings. The van der Waals surface area contributed by atoms with E-state index in [4.69, 9.17) is 22.1 Å². The van der Waals surface area contributed by atoms with Crippen LogP contribution in [0.25, 0.3) is 0 Å². The number of nitrogens with two attached hydrogens (primary N) is 1. The lowest BCUT2D eigenvalue weighted by atomic mass is 9.84. The second kappa shape index (κ2) is 7.50. The number of amides is 1. The zero-order valence-electron chi connectivity index (χ0n) is 15.9. The molecule has 2 aliphatic rings. The zero-order valence-corrected chi connectivity index (χ0v) is 16.7. The maximum atomic E-state index is 14.7. The number of rotatable bonds is 5. The van der Waals surface area contributed by atoms with E-state index in [1.807, 2.05) is 0 Å². The number of benzene rings is 2. The first kappa shape index (κ1) is 20.5.